The van der Waals surface area contributed by atoms with E-state index in [1.54, 1.807) is 0 Å². The summed E-state index contributed by atoms with van der Waals surface area (Å²) in [6, 6.07) is 0. The van der Waals surface area contributed by atoms with Crippen LogP contribution in [-0.4, -0.2) is 64.8 Å². The summed E-state index contributed by atoms with van der Waals surface area (Å²) >= 11 is 0. The average Bonchev–Trinajstić information content (AvgIpc) is 2.89. The molecule has 0 aromatic heterocycles. The molecule has 0 saturated heterocycles. The first kappa shape index (κ1) is 35.3. The molecule has 0 heterocycles. The fourth-order valence-electron chi connectivity index (χ4n) is 3.48. The Morgan fingerprint density at radius 2 is 0.784 bits per heavy atom. The SMILES string of the molecule is CCCCCCCCC=CC(=O)OCCOCCOCCOCCOC(=O)C=CCCCCCCCC. The lowest BCUT2D eigenvalue weighted by atomic mass is 10.1. The summed E-state index contributed by atoms with van der Waals surface area (Å²) in [4.78, 5) is 23.2. The van der Waals surface area contributed by atoms with Crippen LogP contribution >= 0.6 is 0 Å². The van der Waals surface area contributed by atoms with Gasteiger partial charge in [0, 0.05) is 12.2 Å². The van der Waals surface area contributed by atoms with Crippen molar-refractivity contribution in [1.82, 2.24) is 0 Å². The highest BCUT2D eigenvalue weighted by atomic mass is 16.6. The maximum absolute atomic E-state index is 11.6. The molecule has 7 nitrogen and oxygen atoms in total. The van der Waals surface area contributed by atoms with E-state index < -0.39 is 0 Å². The number of esters is 2. The molecule has 0 amide bonds. The van der Waals surface area contributed by atoms with Crippen molar-refractivity contribution in [3.63, 3.8) is 0 Å². The van der Waals surface area contributed by atoms with E-state index in [4.69, 9.17) is 23.7 Å². The summed E-state index contributed by atoms with van der Waals surface area (Å²) in [5, 5.41) is 0. The van der Waals surface area contributed by atoms with Crippen molar-refractivity contribution >= 4 is 11.9 Å². The van der Waals surface area contributed by atoms with Crippen molar-refractivity contribution in [2.75, 3.05) is 52.9 Å². The topological polar surface area (TPSA) is 80.3 Å². The third kappa shape index (κ3) is 30.4. The van der Waals surface area contributed by atoms with Crippen LogP contribution < -0.4 is 0 Å². The van der Waals surface area contributed by atoms with E-state index in [1.807, 2.05) is 12.2 Å². The fraction of sp³-hybridized carbons (Fsp3) is 0.800. The first-order valence-electron chi connectivity index (χ1n) is 14.6. The number of ether oxygens (including phenoxy) is 5. The summed E-state index contributed by atoms with van der Waals surface area (Å²) < 4.78 is 26.4. The van der Waals surface area contributed by atoms with Crippen LogP contribution in [0.25, 0.3) is 0 Å². The van der Waals surface area contributed by atoms with Crippen molar-refractivity contribution in [3.8, 4) is 0 Å². The molecule has 0 bridgehead atoms. The molecule has 7 heteroatoms. The van der Waals surface area contributed by atoms with Gasteiger partial charge in [-0.05, 0) is 25.7 Å². The van der Waals surface area contributed by atoms with Gasteiger partial charge in [-0.1, -0.05) is 90.2 Å². The monoisotopic (exact) mass is 526 g/mol. The molecule has 0 aromatic rings. The standard InChI is InChI=1S/C30H54O7/c1-3-5-7-9-11-13-15-17-19-29(31)36-27-25-34-23-21-33-22-24-35-26-28-37-30(32)20-18-16-14-12-10-8-6-4-2/h17-20H,3-16,21-28H2,1-2H3. The first-order chi connectivity index (χ1) is 18.2. The van der Waals surface area contributed by atoms with Crippen LogP contribution in [0.4, 0.5) is 0 Å². The van der Waals surface area contributed by atoms with Gasteiger partial charge < -0.3 is 23.7 Å². The van der Waals surface area contributed by atoms with Gasteiger partial charge in [-0.3, -0.25) is 0 Å². The molecule has 0 spiro atoms. The largest absolute Gasteiger partial charge is 0.460 e. The Morgan fingerprint density at radius 1 is 0.459 bits per heavy atom. The highest BCUT2D eigenvalue weighted by Crippen LogP contribution is 2.08. The summed E-state index contributed by atoms with van der Waals surface area (Å²) in [5.74, 6) is -0.643. The highest BCUT2D eigenvalue weighted by molar-refractivity contribution is 5.82. The second-order valence-electron chi connectivity index (χ2n) is 9.09. The van der Waals surface area contributed by atoms with Gasteiger partial charge in [-0.2, -0.15) is 0 Å². The molecular weight excluding hydrogens is 472 g/mol. The molecule has 0 saturated carbocycles. The van der Waals surface area contributed by atoms with Crippen LogP contribution in [0.3, 0.4) is 0 Å². The number of hydrogen-bond acceptors (Lipinski definition) is 7. The van der Waals surface area contributed by atoms with Gasteiger partial charge in [0.1, 0.15) is 13.2 Å². The average molecular weight is 527 g/mol. The van der Waals surface area contributed by atoms with Gasteiger partial charge in [0.05, 0.1) is 39.6 Å². The minimum atomic E-state index is -0.321. The van der Waals surface area contributed by atoms with Crippen LogP contribution in [-0.2, 0) is 33.3 Å². The van der Waals surface area contributed by atoms with Gasteiger partial charge in [-0.25, -0.2) is 9.59 Å². The second kappa shape index (κ2) is 30.5. The van der Waals surface area contributed by atoms with Crippen molar-refractivity contribution in [2.45, 2.75) is 104 Å². The van der Waals surface area contributed by atoms with Crippen LogP contribution in [0.1, 0.15) is 104 Å². The molecule has 0 aliphatic heterocycles. The van der Waals surface area contributed by atoms with Crippen LogP contribution in [0.2, 0.25) is 0 Å². The summed E-state index contributed by atoms with van der Waals surface area (Å²) in [6.45, 7) is 7.31. The van der Waals surface area contributed by atoms with Crippen molar-refractivity contribution < 1.29 is 33.3 Å². The smallest absolute Gasteiger partial charge is 0.330 e. The Bertz CT molecular complexity index is 512. The van der Waals surface area contributed by atoms with Crippen molar-refractivity contribution in [3.05, 3.63) is 24.3 Å². The minimum Gasteiger partial charge on any atom is -0.460 e. The number of carbonyl (C=O) groups is 2. The first-order valence-corrected chi connectivity index (χ1v) is 14.6. The van der Waals surface area contributed by atoms with Gasteiger partial charge in [0.25, 0.3) is 0 Å². The Kier molecular flexibility index (Phi) is 29.1. The number of rotatable bonds is 28. The Balaban J connectivity index is 3.31. The molecule has 0 aromatic carbocycles. The molecule has 0 aliphatic carbocycles. The summed E-state index contributed by atoms with van der Waals surface area (Å²) in [5.41, 5.74) is 0. The number of allylic oxidation sites excluding steroid dienone is 2. The van der Waals surface area contributed by atoms with E-state index in [-0.39, 0.29) is 25.2 Å². The van der Waals surface area contributed by atoms with E-state index >= 15 is 0 Å². The maximum Gasteiger partial charge on any atom is 0.330 e. The third-order valence-corrected chi connectivity index (χ3v) is 5.64. The van der Waals surface area contributed by atoms with E-state index in [1.165, 1.54) is 76.4 Å². The fourth-order valence-corrected chi connectivity index (χ4v) is 3.48. The van der Waals surface area contributed by atoms with Gasteiger partial charge in [-0.15, -0.1) is 0 Å². The van der Waals surface area contributed by atoms with Crippen LogP contribution in [0.5, 0.6) is 0 Å². The van der Waals surface area contributed by atoms with Crippen molar-refractivity contribution in [1.29, 1.82) is 0 Å². The highest BCUT2D eigenvalue weighted by Gasteiger charge is 1.99. The number of unbranched alkanes of at least 4 members (excludes halogenated alkanes) is 12. The molecule has 0 N–H and O–H groups in total. The normalized spacial score (nSPS) is 11.5. The lowest BCUT2D eigenvalue weighted by molar-refractivity contribution is -0.140. The lowest BCUT2D eigenvalue weighted by Crippen LogP contribution is -2.14. The maximum atomic E-state index is 11.6. The minimum absolute atomic E-state index is 0.232. The molecular formula is C30H54O7. The molecule has 0 aliphatic rings. The van der Waals surface area contributed by atoms with E-state index in [9.17, 15) is 9.59 Å². The number of carbonyl (C=O) groups excluding carboxylic acids is 2. The van der Waals surface area contributed by atoms with E-state index in [0.717, 1.165) is 25.7 Å². The molecule has 0 unspecified atom stereocenters. The zero-order valence-corrected chi connectivity index (χ0v) is 23.7. The zero-order valence-electron chi connectivity index (χ0n) is 23.7. The summed E-state index contributed by atoms with van der Waals surface area (Å²) in [7, 11) is 0. The molecule has 0 fully saturated rings. The summed E-state index contributed by atoms with van der Waals surface area (Å²) in [6.07, 6.45) is 23.6. The predicted molar refractivity (Wildman–Crippen MR) is 149 cm³/mol. The van der Waals surface area contributed by atoms with E-state index in [0.29, 0.717) is 39.6 Å². The van der Waals surface area contributed by atoms with Gasteiger partial charge in [0.15, 0.2) is 0 Å². The van der Waals surface area contributed by atoms with Crippen LogP contribution in [0.15, 0.2) is 24.3 Å². The third-order valence-electron chi connectivity index (χ3n) is 5.64. The number of hydrogen-bond donors (Lipinski definition) is 0. The molecule has 0 atom stereocenters. The van der Waals surface area contributed by atoms with Crippen molar-refractivity contribution in [2.24, 2.45) is 0 Å². The van der Waals surface area contributed by atoms with Gasteiger partial charge >= 0.3 is 11.9 Å². The zero-order chi connectivity index (χ0) is 27.1. The lowest BCUT2D eigenvalue weighted by Gasteiger charge is -2.07. The Labute approximate surface area is 226 Å². The molecule has 0 radical (unpaired) electrons. The molecule has 216 valence electrons. The Morgan fingerprint density at radius 3 is 1.16 bits per heavy atom. The Hall–Kier alpha value is -1.70. The van der Waals surface area contributed by atoms with E-state index in [2.05, 4.69) is 13.8 Å². The molecule has 37 heavy (non-hydrogen) atoms. The quantitative estimate of drug-likeness (QED) is 0.0635. The predicted octanol–water partition coefficient (Wildman–Crippen LogP) is 6.74. The van der Waals surface area contributed by atoms with Gasteiger partial charge in [0.2, 0.25) is 0 Å². The second-order valence-corrected chi connectivity index (χ2v) is 9.09. The van der Waals surface area contributed by atoms with Crippen LogP contribution in [0, 0.1) is 0 Å². The molecule has 0 rings (SSSR count).